The van der Waals surface area contributed by atoms with Gasteiger partial charge in [-0.2, -0.15) is 5.26 Å². The first-order valence-corrected chi connectivity index (χ1v) is 4.72. The number of nitriles is 1. The molecular formula is C9H15N3O. The van der Waals surface area contributed by atoms with Crippen molar-refractivity contribution in [3.63, 3.8) is 0 Å². The summed E-state index contributed by atoms with van der Waals surface area (Å²) in [6.45, 7) is 2.49. The van der Waals surface area contributed by atoms with Gasteiger partial charge in [-0.1, -0.05) is 0 Å². The predicted octanol–water partition coefficient (Wildman–Crippen LogP) is 0.998. The molecule has 1 aliphatic carbocycles. The summed E-state index contributed by atoms with van der Waals surface area (Å²) in [6, 6.07) is 2.11. The number of carbonyl (C=O) groups is 1. The van der Waals surface area contributed by atoms with Gasteiger partial charge in [-0.25, -0.2) is 4.79 Å². The number of urea groups is 1. The second-order valence-electron chi connectivity index (χ2n) is 3.28. The molecule has 1 saturated carbocycles. The van der Waals surface area contributed by atoms with Gasteiger partial charge >= 0.3 is 6.03 Å². The topological polar surface area (TPSA) is 64.9 Å². The lowest BCUT2D eigenvalue weighted by Gasteiger charge is -2.15. The van der Waals surface area contributed by atoms with E-state index in [0.29, 0.717) is 6.54 Å². The van der Waals surface area contributed by atoms with Gasteiger partial charge in [0, 0.05) is 12.6 Å². The first-order chi connectivity index (χ1) is 6.27. The van der Waals surface area contributed by atoms with Crippen molar-refractivity contribution in [2.75, 3.05) is 6.54 Å². The van der Waals surface area contributed by atoms with Crippen LogP contribution in [0.1, 0.15) is 26.2 Å². The highest BCUT2D eigenvalue weighted by Gasteiger charge is 2.27. The fourth-order valence-electron chi connectivity index (χ4n) is 1.67. The third-order valence-corrected chi connectivity index (χ3v) is 2.34. The number of hydrogen-bond acceptors (Lipinski definition) is 2. The number of rotatable bonds is 2. The number of amides is 2. The molecule has 1 aliphatic rings. The summed E-state index contributed by atoms with van der Waals surface area (Å²) >= 11 is 0. The zero-order chi connectivity index (χ0) is 9.68. The fraction of sp³-hybridized carbons (Fsp3) is 0.778. The van der Waals surface area contributed by atoms with E-state index in [1.807, 2.05) is 6.92 Å². The number of nitrogens with one attached hydrogen (secondary N) is 2. The summed E-state index contributed by atoms with van der Waals surface area (Å²) in [5.74, 6) is 0.00241. The van der Waals surface area contributed by atoms with E-state index in [4.69, 9.17) is 5.26 Å². The van der Waals surface area contributed by atoms with E-state index in [-0.39, 0.29) is 18.0 Å². The minimum atomic E-state index is -0.158. The van der Waals surface area contributed by atoms with Crippen LogP contribution in [0.15, 0.2) is 0 Å². The summed E-state index contributed by atoms with van der Waals surface area (Å²) in [7, 11) is 0. The Balaban J connectivity index is 2.36. The molecule has 13 heavy (non-hydrogen) atoms. The van der Waals surface area contributed by atoms with Crippen molar-refractivity contribution in [3.05, 3.63) is 0 Å². The highest BCUT2D eigenvalue weighted by molar-refractivity contribution is 5.74. The molecule has 1 fully saturated rings. The van der Waals surface area contributed by atoms with Crippen molar-refractivity contribution in [3.8, 4) is 6.07 Å². The average molecular weight is 181 g/mol. The van der Waals surface area contributed by atoms with Crippen molar-refractivity contribution in [1.29, 1.82) is 5.26 Å². The van der Waals surface area contributed by atoms with E-state index in [0.717, 1.165) is 19.3 Å². The first kappa shape index (κ1) is 9.85. The molecule has 0 radical (unpaired) electrons. The molecule has 72 valence electrons. The second kappa shape index (κ2) is 4.70. The highest BCUT2D eigenvalue weighted by atomic mass is 16.2. The highest BCUT2D eigenvalue weighted by Crippen LogP contribution is 2.24. The van der Waals surface area contributed by atoms with E-state index in [1.54, 1.807) is 0 Å². The lowest BCUT2D eigenvalue weighted by atomic mass is 10.1. The Bertz CT molecular complexity index is 221. The molecule has 4 heteroatoms. The molecule has 0 heterocycles. The largest absolute Gasteiger partial charge is 0.338 e. The molecule has 0 aromatic heterocycles. The Labute approximate surface area is 78.3 Å². The molecule has 2 amide bonds. The molecule has 2 unspecified atom stereocenters. The Morgan fingerprint density at radius 1 is 1.62 bits per heavy atom. The number of carbonyl (C=O) groups excluding carboxylic acids is 1. The minimum Gasteiger partial charge on any atom is -0.338 e. The first-order valence-electron chi connectivity index (χ1n) is 4.72. The summed E-state index contributed by atoms with van der Waals surface area (Å²) in [6.07, 6.45) is 2.87. The van der Waals surface area contributed by atoms with Gasteiger partial charge in [-0.15, -0.1) is 0 Å². The van der Waals surface area contributed by atoms with Gasteiger partial charge in [-0.3, -0.25) is 0 Å². The molecule has 4 nitrogen and oxygen atoms in total. The van der Waals surface area contributed by atoms with Crippen LogP contribution >= 0.6 is 0 Å². The van der Waals surface area contributed by atoms with Crippen LogP contribution in [0.25, 0.3) is 0 Å². The quantitative estimate of drug-likeness (QED) is 0.667. The summed E-state index contributed by atoms with van der Waals surface area (Å²) in [5, 5.41) is 14.2. The molecular weight excluding hydrogens is 166 g/mol. The van der Waals surface area contributed by atoms with Gasteiger partial charge in [0.25, 0.3) is 0 Å². The van der Waals surface area contributed by atoms with Gasteiger partial charge in [0.2, 0.25) is 0 Å². The smallest absolute Gasteiger partial charge is 0.315 e. The molecule has 0 aromatic rings. The zero-order valence-corrected chi connectivity index (χ0v) is 7.84. The van der Waals surface area contributed by atoms with Crippen LogP contribution in [0.3, 0.4) is 0 Å². The van der Waals surface area contributed by atoms with Crippen molar-refractivity contribution < 1.29 is 4.79 Å². The van der Waals surface area contributed by atoms with E-state index in [1.165, 1.54) is 0 Å². The van der Waals surface area contributed by atoms with Crippen LogP contribution in [-0.2, 0) is 0 Å². The van der Waals surface area contributed by atoms with E-state index in [2.05, 4.69) is 16.7 Å². The third kappa shape index (κ3) is 2.62. The molecule has 1 rings (SSSR count). The maximum Gasteiger partial charge on any atom is 0.315 e. The van der Waals surface area contributed by atoms with Crippen molar-refractivity contribution in [2.45, 2.75) is 32.2 Å². The lowest BCUT2D eigenvalue weighted by Crippen LogP contribution is -2.43. The summed E-state index contributed by atoms with van der Waals surface area (Å²) in [4.78, 5) is 11.1. The zero-order valence-electron chi connectivity index (χ0n) is 7.84. The summed E-state index contributed by atoms with van der Waals surface area (Å²) < 4.78 is 0. The average Bonchev–Trinajstić information content (AvgIpc) is 2.52. The second-order valence-corrected chi connectivity index (χ2v) is 3.28. The SMILES string of the molecule is CCNC(=O)NC1CCCC1C#N. The minimum absolute atomic E-state index is 0.00241. The van der Waals surface area contributed by atoms with Gasteiger partial charge in [0.15, 0.2) is 0 Å². The molecule has 0 aromatic carbocycles. The molecule has 2 atom stereocenters. The Kier molecular flexibility index (Phi) is 3.56. The molecule has 0 spiro atoms. The normalized spacial score (nSPS) is 26.5. The number of nitrogens with zero attached hydrogens (tertiary/aromatic N) is 1. The van der Waals surface area contributed by atoms with Gasteiger partial charge in [0.1, 0.15) is 0 Å². The van der Waals surface area contributed by atoms with Gasteiger partial charge in [0.05, 0.1) is 12.0 Å². The maximum absolute atomic E-state index is 11.1. The predicted molar refractivity (Wildman–Crippen MR) is 49.0 cm³/mol. The summed E-state index contributed by atoms with van der Waals surface area (Å²) in [5.41, 5.74) is 0. The van der Waals surface area contributed by atoms with Crippen LogP contribution < -0.4 is 10.6 Å². The Morgan fingerprint density at radius 2 is 2.38 bits per heavy atom. The van der Waals surface area contributed by atoms with Crippen LogP contribution in [0.4, 0.5) is 4.79 Å². The molecule has 0 saturated heterocycles. The van der Waals surface area contributed by atoms with Gasteiger partial charge < -0.3 is 10.6 Å². The Morgan fingerprint density at radius 3 is 3.00 bits per heavy atom. The van der Waals surface area contributed by atoms with Crippen LogP contribution in [0.5, 0.6) is 0 Å². The Hall–Kier alpha value is -1.24. The standard InChI is InChI=1S/C9H15N3O/c1-2-11-9(13)12-8-5-3-4-7(8)6-10/h7-8H,2-5H2,1H3,(H2,11,12,13). The monoisotopic (exact) mass is 181 g/mol. The lowest BCUT2D eigenvalue weighted by molar-refractivity contribution is 0.236. The van der Waals surface area contributed by atoms with Crippen LogP contribution in [0.2, 0.25) is 0 Å². The maximum atomic E-state index is 11.1. The van der Waals surface area contributed by atoms with Gasteiger partial charge in [-0.05, 0) is 26.2 Å². The van der Waals surface area contributed by atoms with E-state index < -0.39 is 0 Å². The van der Waals surface area contributed by atoms with Crippen molar-refractivity contribution in [2.24, 2.45) is 5.92 Å². The third-order valence-electron chi connectivity index (χ3n) is 2.34. The van der Waals surface area contributed by atoms with Crippen molar-refractivity contribution >= 4 is 6.03 Å². The van der Waals surface area contributed by atoms with E-state index in [9.17, 15) is 4.79 Å². The molecule has 0 aliphatic heterocycles. The molecule has 2 N–H and O–H groups in total. The van der Waals surface area contributed by atoms with E-state index >= 15 is 0 Å². The molecule has 0 bridgehead atoms. The van der Waals surface area contributed by atoms with Crippen LogP contribution in [0, 0.1) is 17.2 Å². The fourth-order valence-corrected chi connectivity index (χ4v) is 1.67. The van der Waals surface area contributed by atoms with Crippen molar-refractivity contribution in [1.82, 2.24) is 10.6 Å². The number of hydrogen-bond donors (Lipinski definition) is 2. The van der Waals surface area contributed by atoms with Crippen LogP contribution in [-0.4, -0.2) is 18.6 Å².